The van der Waals surface area contributed by atoms with Crippen LogP contribution in [-0.4, -0.2) is 41.0 Å². The molecule has 0 bridgehead atoms. The molecule has 3 heterocycles. The van der Waals surface area contributed by atoms with Crippen molar-refractivity contribution in [3.63, 3.8) is 0 Å². The fraction of sp³-hybridized carbons (Fsp3) is 0.333. The number of aromatic nitrogens is 2. The molecule has 0 amide bonds. The van der Waals surface area contributed by atoms with Crippen molar-refractivity contribution in [3.8, 4) is 10.7 Å². The Morgan fingerprint density at radius 2 is 1.72 bits per heavy atom. The van der Waals surface area contributed by atoms with E-state index in [0.717, 1.165) is 46.9 Å². The third-order valence-electron chi connectivity index (χ3n) is 5.79. The third-order valence-corrected chi connectivity index (χ3v) is 7.06. The maximum Gasteiger partial charge on any atom is 0.172 e. The van der Waals surface area contributed by atoms with Gasteiger partial charge in [-0.15, -0.1) is 11.3 Å². The molecule has 1 N–H and O–H groups in total. The smallest absolute Gasteiger partial charge is 0.172 e. The predicted octanol–water partition coefficient (Wildman–Crippen LogP) is 5.72. The van der Waals surface area contributed by atoms with E-state index in [9.17, 15) is 0 Å². The molecule has 5 rings (SSSR count). The van der Waals surface area contributed by atoms with E-state index in [-0.39, 0.29) is 0 Å². The average Bonchev–Trinajstić information content (AvgIpc) is 3.39. The van der Waals surface area contributed by atoms with Crippen LogP contribution >= 0.6 is 11.3 Å². The first-order valence-electron chi connectivity index (χ1n) is 10.5. The summed E-state index contributed by atoms with van der Waals surface area (Å²) in [4.78, 5) is 13.6. The van der Waals surface area contributed by atoms with Gasteiger partial charge in [0.25, 0.3) is 0 Å². The highest BCUT2D eigenvalue weighted by Crippen LogP contribution is 2.37. The third kappa shape index (κ3) is 3.72. The number of fused-ring (bicyclic) bond motifs is 2. The molecule has 2 aromatic heterocycles. The van der Waals surface area contributed by atoms with Crippen LogP contribution in [-0.2, 0) is 0 Å². The van der Waals surface area contributed by atoms with Gasteiger partial charge in [0.15, 0.2) is 5.82 Å². The van der Waals surface area contributed by atoms with Crippen LogP contribution in [0, 0.1) is 6.92 Å². The Balaban J connectivity index is 1.45. The van der Waals surface area contributed by atoms with Gasteiger partial charge >= 0.3 is 0 Å². The highest BCUT2D eigenvalue weighted by molar-refractivity contribution is 7.22. The molecule has 0 unspecified atom stereocenters. The lowest BCUT2D eigenvalue weighted by atomic mass is 10.1. The number of likely N-dealkylation sites (tertiary alicyclic amines) is 1. The van der Waals surface area contributed by atoms with E-state index in [4.69, 9.17) is 9.97 Å². The average molecular weight is 403 g/mol. The summed E-state index contributed by atoms with van der Waals surface area (Å²) in [5.41, 5.74) is 2.26. The molecule has 4 nitrogen and oxygen atoms in total. The minimum atomic E-state index is 0.824. The van der Waals surface area contributed by atoms with Gasteiger partial charge < -0.3 is 10.2 Å². The standard InChI is InChI=1S/C24H26N4S/c1-17-18-9-3-5-12-21(18)29-22(17)24-26-20-11-4-2-10-19(20)23(27-24)25-13-8-16-28-14-6-7-15-28/h2-5,9-12H,6-8,13-16H2,1H3,(H,25,26,27). The summed E-state index contributed by atoms with van der Waals surface area (Å²) in [5, 5.41) is 5.99. The van der Waals surface area contributed by atoms with Crippen LogP contribution < -0.4 is 5.32 Å². The lowest BCUT2D eigenvalue weighted by Gasteiger charge is -2.15. The number of hydrogen-bond donors (Lipinski definition) is 1. The first kappa shape index (κ1) is 18.5. The first-order chi connectivity index (χ1) is 14.3. The molecule has 0 saturated carbocycles. The SMILES string of the molecule is Cc1c(-c2nc(NCCCN3CCCC3)c3ccccc3n2)sc2ccccc12. The highest BCUT2D eigenvalue weighted by atomic mass is 32.1. The van der Waals surface area contributed by atoms with Crippen molar-refractivity contribution in [1.82, 2.24) is 14.9 Å². The number of aryl methyl sites for hydroxylation is 1. The van der Waals surface area contributed by atoms with Gasteiger partial charge in [0.1, 0.15) is 5.82 Å². The molecule has 1 aliphatic rings. The number of benzene rings is 2. The Bertz CT molecular complexity index is 1140. The maximum absolute atomic E-state index is 4.97. The Hall–Kier alpha value is -2.50. The summed E-state index contributed by atoms with van der Waals surface area (Å²) >= 11 is 1.78. The zero-order valence-electron chi connectivity index (χ0n) is 16.8. The zero-order valence-corrected chi connectivity index (χ0v) is 17.6. The molecule has 1 fully saturated rings. The molecule has 0 aliphatic carbocycles. The number of para-hydroxylation sites is 1. The van der Waals surface area contributed by atoms with E-state index < -0.39 is 0 Å². The largest absolute Gasteiger partial charge is 0.369 e. The van der Waals surface area contributed by atoms with Crippen molar-refractivity contribution >= 4 is 38.1 Å². The molecular weight excluding hydrogens is 376 g/mol. The van der Waals surface area contributed by atoms with Gasteiger partial charge in [0, 0.05) is 16.6 Å². The molecule has 0 spiro atoms. The normalized spacial score (nSPS) is 14.8. The van der Waals surface area contributed by atoms with Gasteiger partial charge in [0.05, 0.1) is 10.4 Å². The van der Waals surface area contributed by atoms with Crippen molar-refractivity contribution in [1.29, 1.82) is 0 Å². The molecule has 0 atom stereocenters. The van der Waals surface area contributed by atoms with Gasteiger partial charge in [0.2, 0.25) is 0 Å². The van der Waals surface area contributed by atoms with Crippen LogP contribution in [0.2, 0.25) is 0 Å². The van der Waals surface area contributed by atoms with Crippen LogP contribution in [0.5, 0.6) is 0 Å². The zero-order chi connectivity index (χ0) is 19.6. The Labute approximate surface area is 175 Å². The van der Waals surface area contributed by atoms with Gasteiger partial charge in [-0.3, -0.25) is 0 Å². The molecule has 4 aromatic rings. The van der Waals surface area contributed by atoms with E-state index in [0.29, 0.717) is 0 Å². The molecule has 148 valence electrons. The number of thiophene rings is 1. The number of rotatable bonds is 6. The van der Waals surface area contributed by atoms with Crippen LogP contribution in [0.15, 0.2) is 48.5 Å². The van der Waals surface area contributed by atoms with E-state index >= 15 is 0 Å². The molecule has 1 aliphatic heterocycles. The molecule has 29 heavy (non-hydrogen) atoms. The van der Waals surface area contributed by atoms with Crippen LogP contribution in [0.1, 0.15) is 24.8 Å². The van der Waals surface area contributed by atoms with E-state index in [1.54, 1.807) is 11.3 Å². The molecule has 5 heteroatoms. The van der Waals surface area contributed by atoms with Crippen LogP contribution in [0.25, 0.3) is 31.7 Å². The number of anilines is 1. The Morgan fingerprint density at radius 1 is 0.966 bits per heavy atom. The number of hydrogen-bond acceptors (Lipinski definition) is 5. The van der Waals surface area contributed by atoms with Crippen molar-refractivity contribution < 1.29 is 0 Å². The fourth-order valence-electron chi connectivity index (χ4n) is 4.22. The molecule has 2 aromatic carbocycles. The topological polar surface area (TPSA) is 41.1 Å². The quantitative estimate of drug-likeness (QED) is 0.419. The molecule has 1 saturated heterocycles. The summed E-state index contributed by atoms with van der Waals surface area (Å²) in [6.07, 6.45) is 3.83. The summed E-state index contributed by atoms with van der Waals surface area (Å²) in [6.45, 7) is 6.79. The van der Waals surface area contributed by atoms with Crippen molar-refractivity contribution in [3.05, 3.63) is 54.1 Å². The highest BCUT2D eigenvalue weighted by Gasteiger charge is 2.16. The fourth-order valence-corrected chi connectivity index (χ4v) is 5.36. The van der Waals surface area contributed by atoms with Gasteiger partial charge in [-0.05, 0) is 75.0 Å². The monoisotopic (exact) mass is 402 g/mol. The van der Waals surface area contributed by atoms with E-state index in [2.05, 4.69) is 59.6 Å². The summed E-state index contributed by atoms with van der Waals surface area (Å²) in [6, 6.07) is 16.9. The Morgan fingerprint density at radius 3 is 2.55 bits per heavy atom. The maximum atomic E-state index is 4.97. The number of nitrogens with one attached hydrogen (secondary N) is 1. The van der Waals surface area contributed by atoms with Crippen molar-refractivity contribution in [2.45, 2.75) is 26.2 Å². The minimum absolute atomic E-state index is 0.824. The van der Waals surface area contributed by atoms with E-state index in [1.807, 2.05) is 6.07 Å². The van der Waals surface area contributed by atoms with Gasteiger partial charge in [-0.25, -0.2) is 9.97 Å². The van der Waals surface area contributed by atoms with Crippen LogP contribution in [0.4, 0.5) is 5.82 Å². The first-order valence-corrected chi connectivity index (χ1v) is 11.3. The van der Waals surface area contributed by atoms with Crippen molar-refractivity contribution in [2.75, 3.05) is 31.5 Å². The summed E-state index contributed by atoms with van der Waals surface area (Å²) < 4.78 is 1.29. The lowest BCUT2D eigenvalue weighted by Crippen LogP contribution is -2.22. The Kier molecular flexibility index (Phi) is 5.17. The summed E-state index contributed by atoms with van der Waals surface area (Å²) in [7, 11) is 0. The molecular formula is C24H26N4S. The molecule has 0 radical (unpaired) electrons. The summed E-state index contributed by atoms with van der Waals surface area (Å²) in [5.74, 6) is 1.77. The second kappa shape index (κ2) is 8.09. The van der Waals surface area contributed by atoms with E-state index in [1.165, 1.54) is 41.6 Å². The second-order valence-electron chi connectivity index (χ2n) is 7.79. The van der Waals surface area contributed by atoms with Gasteiger partial charge in [-0.2, -0.15) is 0 Å². The minimum Gasteiger partial charge on any atom is -0.369 e. The van der Waals surface area contributed by atoms with Crippen molar-refractivity contribution in [2.24, 2.45) is 0 Å². The second-order valence-corrected chi connectivity index (χ2v) is 8.85. The van der Waals surface area contributed by atoms with Crippen LogP contribution in [0.3, 0.4) is 0 Å². The predicted molar refractivity (Wildman–Crippen MR) is 124 cm³/mol. The lowest BCUT2D eigenvalue weighted by molar-refractivity contribution is 0.337. The number of nitrogens with zero attached hydrogens (tertiary/aromatic N) is 3. The van der Waals surface area contributed by atoms with Gasteiger partial charge in [-0.1, -0.05) is 30.3 Å².